The molecule has 6 nitrogen and oxygen atoms in total. The number of carbonyl (C=O) groups is 2. The van der Waals surface area contributed by atoms with Gasteiger partial charge in [0, 0.05) is 6.20 Å². The molecule has 102 valence electrons. The molecule has 8 heteroatoms. The van der Waals surface area contributed by atoms with Crippen molar-refractivity contribution in [1.82, 2.24) is 9.97 Å². The number of aromatic nitrogens is 2. The summed E-state index contributed by atoms with van der Waals surface area (Å²) in [6, 6.07) is 3.58. The van der Waals surface area contributed by atoms with Gasteiger partial charge in [-0.15, -0.1) is 0 Å². The number of halogens is 2. The van der Waals surface area contributed by atoms with Gasteiger partial charge >= 0.3 is 5.97 Å². The third kappa shape index (κ3) is 2.89. The van der Waals surface area contributed by atoms with Gasteiger partial charge < -0.3 is 10.4 Å². The fraction of sp³-hybridized carbons (Fsp3) is 0. The molecule has 0 bridgehead atoms. The van der Waals surface area contributed by atoms with E-state index in [9.17, 15) is 14.0 Å². The van der Waals surface area contributed by atoms with E-state index in [0.29, 0.717) is 0 Å². The van der Waals surface area contributed by atoms with Gasteiger partial charge in [-0.2, -0.15) is 0 Å². The third-order valence-electron chi connectivity index (χ3n) is 2.32. The summed E-state index contributed by atoms with van der Waals surface area (Å²) in [7, 11) is 0. The number of carboxylic acid groups (broad SMARTS) is 1. The van der Waals surface area contributed by atoms with Crippen LogP contribution in [0.5, 0.6) is 0 Å². The van der Waals surface area contributed by atoms with Gasteiger partial charge in [-0.1, -0.05) is 11.6 Å². The highest BCUT2D eigenvalue weighted by Gasteiger charge is 2.17. The van der Waals surface area contributed by atoms with Gasteiger partial charge in [0.1, 0.15) is 22.4 Å². The molecule has 0 aliphatic carbocycles. The lowest BCUT2D eigenvalue weighted by molar-refractivity contribution is 0.0697. The number of anilines is 1. The van der Waals surface area contributed by atoms with Crippen LogP contribution in [0.1, 0.15) is 20.7 Å². The van der Waals surface area contributed by atoms with Gasteiger partial charge in [0.2, 0.25) is 0 Å². The molecular weight excluding hydrogens is 289 g/mol. The number of carbonyl (C=O) groups excluding carboxylic acids is 1. The molecule has 2 aromatic rings. The maximum atomic E-state index is 13.0. The van der Waals surface area contributed by atoms with Crippen LogP contribution < -0.4 is 5.32 Å². The van der Waals surface area contributed by atoms with Crippen molar-refractivity contribution in [2.45, 2.75) is 0 Å². The summed E-state index contributed by atoms with van der Waals surface area (Å²) in [5.74, 6) is -2.95. The summed E-state index contributed by atoms with van der Waals surface area (Å²) >= 11 is 5.68. The Bertz CT molecular complexity index is 693. The maximum absolute atomic E-state index is 13.0. The van der Waals surface area contributed by atoms with Gasteiger partial charge in [0.15, 0.2) is 0 Å². The number of carboxylic acids is 1. The van der Waals surface area contributed by atoms with E-state index < -0.39 is 17.7 Å². The standard InChI is InChI=1S/C12H7ClFN3O3/c13-9-8(4-6(14)5-16-9)11(18)17-10-7(12(19)20)2-1-3-15-10/h1-5H,(H,19,20)(H,15,17,18). The minimum absolute atomic E-state index is 0.162. The van der Waals surface area contributed by atoms with Crippen LogP contribution in [0.15, 0.2) is 30.6 Å². The van der Waals surface area contributed by atoms with Crippen molar-refractivity contribution < 1.29 is 19.1 Å². The monoisotopic (exact) mass is 295 g/mol. The zero-order chi connectivity index (χ0) is 14.7. The Kier molecular flexibility index (Phi) is 3.90. The Morgan fingerprint density at radius 3 is 2.75 bits per heavy atom. The highest BCUT2D eigenvalue weighted by molar-refractivity contribution is 6.33. The molecular formula is C12H7ClFN3O3. The number of nitrogens with zero attached hydrogens (tertiary/aromatic N) is 2. The molecule has 0 unspecified atom stereocenters. The molecule has 0 atom stereocenters. The fourth-order valence-corrected chi connectivity index (χ4v) is 1.62. The van der Waals surface area contributed by atoms with E-state index >= 15 is 0 Å². The van der Waals surface area contributed by atoms with E-state index in [1.807, 2.05) is 0 Å². The Labute approximate surface area is 117 Å². The van der Waals surface area contributed by atoms with E-state index in [2.05, 4.69) is 15.3 Å². The largest absolute Gasteiger partial charge is 0.478 e. The molecule has 0 spiro atoms. The van der Waals surface area contributed by atoms with Gasteiger partial charge in [0.05, 0.1) is 11.8 Å². The smallest absolute Gasteiger partial charge is 0.339 e. The van der Waals surface area contributed by atoms with Crippen molar-refractivity contribution in [1.29, 1.82) is 0 Å². The third-order valence-corrected chi connectivity index (χ3v) is 2.62. The topological polar surface area (TPSA) is 92.2 Å². The van der Waals surface area contributed by atoms with Gasteiger partial charge in [0.25, 0.3) is 5.91 Å². The number of hydrogen-bond donors (Lipinski definition) is 2. The number of amides is 1. The van der Waals surface area contributed by atoms with E-state index in [1.165, 1.54) is 18.3 Å². The fourth-order valence-electron chi connectivity index (χ4n) is 1.43. The molecule has 0 saturated carbocycles. The molecule has 0 aliphatic heterocycles. The molecule has 0 radical (unpaired) electrons. The van der Waals surface area contributed by atoms with Crippen molar-refractivity contribution in [3.8, 4) is 0 Å². The molecule has 20 heavy (non-hydrogen) atoms. The minimum atomic E-state index is -1.25. The molecule has 2 rings (SSSR count). The van der Waals surface area contributed by atoms with Crippen molar-refractivity contribution in [2.24, 2.45) is 0 Å². The maximum Gasteiger partial charge on any atom is 0.339 e. The van der Waals surface area contributed by atoms with E-state index in [0.717, 1.165) is 12.3 Å². The highest BCUT2D eigenvalue weighted by atomic mass is 35.5. The lowest BCUT2D eigenvalue weighted by Gasteiger charge is -2.07. The van der Waals surface area contributed by atoms with Crippen LogP contribution in [-0.4, -0.2) is 27.0 Å². The molecule has 0 saturated heterocycles. The van der Waals surface area contributed by atoms with Crippen molar-refractivity contribution in [2.75, 3.05) is 5.32 Å². The van der Waals surface area contributed by atoms with Gasteiger partial charge in [-0.25, -0.2) is 19.2 Å². The minimum Gasteiger partial charge on any atom is -0.478 e. The SMILES string of the molecule is O=C(Nc1ncccc1C(=O)O)c1cc(F)cnc1Cl. The van der Waals surface area contributed by atoms with Crippen LogP contribution >= 0.6 is 11.6 Å². The highest BCUT2D eigenvalue weighted by Crippen LogP contribution is 2.17. The summed E-state index contributed by atoms with van der Waals surface area (Å²) in [4.78, 5) is 30.1. The normalized spacial score (nSPS) is 10.1. The predicted molar refractivity (Wildman–Crippen MR) is 68.4 cm³/mol. The number of pyridine rings is 2. The lowest BCUT2D eigenvalue weighted by Crippen LogP contribution is -2.17. The van der Waals surface area contributed by atoms with E-state index in [1.54, 1.807) is 0 Å². The Hall–Kier alpha value is -2.54. The van der Waals surface area contributed by atoms with Gasteiger partial charge in [-0.05, 0) is 18.2 Å². The van der Waals surface area contributed by atoms with Crippen LogP contribution in [0.25, 0.3) is 0 Å². The molecule has 0 aromatic carbocycles. The van der Waals surface area contributed by atoms with E-state index in [-0.39, 0.29) is 22.1 Å². The van der Waals surface area contributed by atoms with Crippen LogP contribution in [0.4, 0.5) is 10.2 Å². The first-order valence-corrected chi connectivity index (χ1v) is 5.67. The van der Waals surface area contributed by atoms with E-state index in [4.69, 9.17) is 16.7 Å². The molecule has 0 aliphatic rings. The first-order valence-electron chi connectivity index (χ1n) is 5.29. The van der Waals surface area contributed by atoms with Gasteiger partial charge in [-0.3, -0.25) is 4.79 Å². The Morgan fingerprint density at radius 2 is 2.05 bits per heavy atom. The Balaban J connectivity index is 2.33. The first kappa shape index (κ1) is 13.9. The van der Waals surface area contributed by atoms with Crippen molar-refractivity contribution in [3.05, 3.63) is 52.7 Å². The number of hydrogen-bond acceptors (Lipinski definition) is 4. The summed E-state index contributed by atoms with van der Waals surface area (Å²) < 4.78 is 13.0. The second-order valence-corrected chi connectivity index (χ2v) is 4.01. The average Bonchev–Trinajstić information content (AvgIpc) is 2.41. The van der Waals surface area contributed by atoms with Crippen LogP contribution in [-0.2, 0) is 0 Å². The quantitative estimate of drug-likeness (QED) is 0.847. The first-order chi connectivity index (χ1) is 9.49. The van der Waals surface area contributed by atoms with Crippen molar-refractivity contribution in [3.63, 3.8) is 0 Å². The molecule has 2 heterocycles. The number of rotatable bonds is 3. The number of nitrogens with one attached hydrogen (secondary N) is 1. The van der Waals surface area contributed by atoms with Crippen LogP contribution in [0.3, 0.4) is 0 Å². The molecule has 2 aromatic heterocycles. The predicted octanol–water partition coefficient (Wildman–Crippen LogP) is 2.22. The van der Waals surface area contributed by atoms with Crippen LogP contribution in [0.2, 0.25) is 5.15 Å². The van der Waals surface area contributed by atoms with Crippen molar-refractivity contribution >= 4 is 29.3 Å². The average molecular weight is 296 g/mol. The second kappa shape index (κ2) is 5.62. The zero-order valence-corrected chi connectivity index (χ0v) is 10.6. The molecule has 2 N–H and O–H groups in total. The Morgan fingerprint density at radius 1 is 1.30 bits per heavy atom. The summed E-state index contributed by atoms with van der Waals surface area (Å²) in [6.45, 7) is 0. The summed E-state index contributed by atoms with van der Waals surface area (Å²) in [5, 5.41) is 11.0. The summed E-state index contributed by atoms with van der Waals surface area (Å²) in [5.41, 5.74) is -0.407. The summed E-state index contributed by atoms with van der Waals surface area (Å²) in [6.07, 6.45) is 2.18. The number of aromatic carboxylic acids is 1. The van der Waals surface area contributed by atoms with Crippen LogP contribution in [0, 0.1) is 5.82 Å². The second-order valence-electron chi connectivity index (χ2n) is 3.65. The molecule has 1 amide bonds. The molecule has 0 fully saturated rings. The lowest BCUT2D eigenvalue weighted by atomic mass is 10.2. The zero-order valence-electron chi connectivity index (χ0n) is 9.80.